The highest BCUT2D eigenvalue weighted by molar-refractivity contribution is 6.91. The Morgan fingerprint density at radius 1 is 1.60 bits per heavy atom. The zero-order chi connectivity index (χ0) is 3.70. The van der Waals surface area contributed by atoms with Crippen LogP contribution in [0.2, 0.25) is 0 Å². The van der Waals surface area contributed by atoms with Crippen LogP contribution in [0.15, 0.2) is 0 Å². The first-order valence-corrected chi connectivity index (χ1v) is 3.14. The molecule has 0 nitrogen and oxygen atoms in total. The van der Waals surface area contributed by atoms with Crippen molar-refractivity contribution in [3.63, 3.8) is 0 Å². The van der Waals surface area contributed by atoms with Crippen molar-refractivity contribution in [3.05, 3.63) is 0 Å². The molecule has 1 aliphatic rings. The predicted molar refractivity (Wildman–Crippen MR) is 22.4 cm³/mol. The normalized spacial score (nSPS) is 11.4. The lowest BCUT2D eigenvalue weighted by Gasteiger charge is -1.47. The molecule has 0 radical (unpaired) electrons. The summed E-state index contributed by atoms with van der Waals surface area (Å²) in [6.45, 7) is 0. The van der Waals surface area contributed by atoms with Crippen LogP contribution in [0.4, 0.5) is 0 Å². The lowest BCUT2D eigenvalue weighted by Crippen LogP contribution is -1.82. The molecule has 5 heavy (non-hydrogen) atoms. The van der Waals surface area contributed by atoms with E-state index in [1.165, 1.54) is 0 Å². The molecule has 1 aliphatic heterocycles. The summed E-state index contributed by atoms with van der Waals surface area (Å²) in [6, 6.07) is 0. The summed E-state index contributed by atoms with van der Waals surface area (Å²) in [5, 5.41) is 0. The highest BCUT2D eigenvalue weighted by Gasteiger charge is 2.16. The largest absolute Gasteiger partial charge is 0.570 e. The molecule has 0 aromatic rings. The molecule has 0 aromatic heterocycles. The van der Waals surface area contributed by atoms with E-state index in [4.69, 9.17) is 6.42 Å². The Kier molecular flexibility index (Phi) is 0.461. The maximum absolute atomic E-state index is 4.92. The van der Waals surface area contributed by atoms with Crippen LogP contribution in [0.5, 0.6) is 0 Å². The first kappa shape index (κ1) is 2.87. The highest BCUT2D eigenvalue weighted by atomic mass is 27.2. The Morgan fingerprint density at radius 2 is 2.20 bits per heavy atom. The first-order chi connectivity index (χ1) is 2.43. The Bertz CT molecular complexity index is 122. The molecule has 1 heterocycles. The molecule has 0 bridgehead atoms. The summed E-state index contributed by atoms with van der Waals surface area (Å²) in [6.07, 6.45) is 4.92. The lowest BCUT2D eigenvalue weighted by molar-refractivity contribution is 2.91. The standard InChI is InChI=1S/C2H.C2.Al/c2*1-2;/h1H;;. The van der Waals surface area contributed by atoms with E-state index in [2.05, 4.69) is 14.3 Å². The zero-order valence-electron chi connectivity index (χ0n) is 2.65. The molecule has 0 aliphatic carbocycles. The lowest BCUT2D eigenvalue weighted by atomic mass is 11.4. The average Bonchev–Trinajstić information content (AvgIpc) is 2.12. The van der Waals surface area contributed by atoms with E-state index in [1.807, 2.05) is 0 Å². The van der Waals surface area contributed by atoms with E-state index in [-0.39, 0.29) is 0 Å². The van der Waals surface area contributed by atoms with Crippen LogP contribution in [0.3, 0.4) is 0 Å². The first-order valence-electron chi connectivity index (χ1n) is 1.40. The van der Waals surface area contributed by atoms with Crippen molar-refractivity contribution < 1.29 is 0 Å². The van der Waals surface area contributed by atoms with Crippen molar-refractivity contribution in [2.24, 2.45) is 0 Å². The number of hydrogen-bond acceptors (Lipinski definition) is 0. The molecule has 0 atom stereocenters. The zero-order valence-corrected chi connectivity index (χ0v) is 3.81. The molecule has 1 heteroatoms. The second kappa shape index (κ2) is 0.804. The number of rotatable bonds is 0. The van der Waals surface area contributed by atoms with Crippen LogP contribution in [0, 0.1) is 20.8 Å². The van der Waals surface area contributed by atoms with E-state index in [0.717, 1.165) is 0 Å². The fourth-order valence-electron chi connectivity index (χ4n) is 0.125. The topological polar surface area (TPSA) is 0 Å². The maximum atomic E-state index is 4.92. The van der Waals surface area contributed by atoms with E-state index < -0.39 is 14.1 Å². The van der Waals surface area contributed by atoms with Crippen molar-refractivity contribution in [2.45, 2.75) is 0 Å². The molecule has 0 amide bonds. The van der Waals surface area contributed by atoms with E-state index in [1.54, 1.807) is 0 Å². The molecule has 0 saturated carbocycles. The summed E-state index contributed by atoms with van der Waals surface area (Å²) < 4.78 is 0. The second-order valence-corrected chi connectivity index (χ2v) is 2.67. The van der Waals surface area contributed by atoms with Crippen molar-refractivity contribution in [1.82, 2.24) is 0 Å². The summed E-state index contributed by atoms with van der Waals surface area (Å²) in [4.78, 5) is 8.23. The Balaban J connectivity index is 2.40. The van der Waals surface area contributed by atoms with Gasteiger partial charge in [-0.3, -0.25) is 0 Å². The molecule has 0 spiro atoms. The molecule has 0 aromatic carbocycles. The molecule has 0 fully saturated rings. The number of hydrogen-bond donors (Lipinski definition) is 0. The molecule has 0 N–H and O–H groups in total. The quantitative estimate of drug-likeness (QED) is 0.275. The van der Waals surface area contributed by atoms with Gasteiger partial charge < -0.3 is 0 Å². The summed E-state index contributed by atoms with van der Waals surface area (Å²) in [5.74, 6) is 0. The van der Waals surface area contributed by atoms with Gasteiger partial charge in [0.2, 0.25) is 0 Å². The average molecular weight is 76.0 g/mol. The van der Waals surface area contributed by atoms with Gasteiger partial charge in [-0.2, -0.15) is 14.3 Å². The monoisotopic (exact) mass is 76.0 g/mol. The molecule has 20 valence electrons. The van der Waals surface area contributed by atoms with Gasteiger partial charge >= 0.3 is 14.1 Å². The number of terminal acetylenes is 1. The summed E-state index contributed by atoms with van der Waals surface area (Å²) >= 11 is -0.872. The molecule has 0 unspecified atom stereocenters. The fourth-order valence-corrected chi connectivity index (χ4v) is 0.625. The van der Waals surface area contributed by atoms with Crippen molar-refractivity contribution in [2.75, 3.05) is 0 Å². The second-order valence-electron chi connectivity index (χ2n) is 0.888. The molecule has 1 rings (SSSR count). The van der Waals surface area contributed by atoms with Crippen molar-refractivity contribution in [1.29, 1.82) is 0 Å². The van der Waals surface area contributed by atoms with Crippen LogP contribution in [-0.4, -0.2) is 14.1 Å². The van der Waals surface area contributed by atoms with Gasteiger partial charge in [0.05, 0.1) is 0 Å². The SMILES string of the molecule is C#[C][Al]1[C]#[C]1. The van der Waals surface area contributed by atoms with Gasteiger partial charge in [0, 0.05) is 0 Å². The van der Waals surface area contributed by atoms with Crippen molar-refractivity contribution >= 4 is 14.1 Å². The minimum Gasteiger partial charge on any atom is -0.189 e. The smallest absolute Gasteiger partial charge is 0.189 e. The third-order valence-electron chi connectivity index (χ3n) is 0.455. The third kappa shape index (κ3) is 0.461. The Morgan fingerprint density at radius 3 is 2.20 bits per heavy atom. The minimum atomic E-state index is -0.872. The van der Waals surface area contributed by atoms with Gasteiger partial charge in [-0.25, -0.2) is 0 Å². The van der Waals surface area contributed by atoms with Crippen LogP contribution < -0.4 is 0 Å². The fraction of sp³-hybridized carbons (Fsp3) is 0. The van der Waals surface area contributed by atoms with Gasteiger partial charge in [0.15, 0.2) is 0 Å². The third-order valence-corrected chi connectivity index (χ3v) is 1.37. The Labute approximate surface area is 35.6 Å². The summed E-state index contributed by atoms with van der Waals surface area (Å²) in [5.41, 5.74) is 0. The van der Waals surface area contributed by atoms with Crippen molar-refractivity contribution in [3.8, 4) is 20.8 Å². The van der Waals surface area contributed by atoms with Gasteiger partial charge in [0.25, 0.3) is 0 Å². The molecular formula is C4HAl. The highest BCUT2D eigenvalue weighted by Crippen LogP contribution is 1.83. The minimum absolute atomic E-state index is 0.872. The van der Waals surface area contributed by atoms with Gasteiger partial charge in [0.1, 0.15) is 0 Å². The van der Waals surface area contributed by atoms with Gasteiger partial charge in [-0.05, 0) is 0 Å². The van der Waals surface area contributed by atoms with Crippen LogP contribution >= 0.6 is 0 Å². The van der Waals surface area contributed by atoms with Crippen LogP contribution in [0.1, 0.15) is 0 Å². The maximum Gasteiger partial charge on any atom is 0.570 e. The van der Waals surface area contributed by atoms with Crippen LogP contribution in [-0.2, 0) is 0 Å². The van der Waals surface area contributed by atoms with Crippen LogP contribution in [0.25, 0.3) is 0 Å². The van der Waals surface area contributed by atoms with E-state index in [0.29, 0.717) is 0 Å². The molecular weight excluding hydrogens is 75.0 g/mol. The van der Waals surface area contributed by atoms with E-state index in [9.17, 15) is 0 Å². The molecule has 0 saturated heterocycles. The predicted octanol–water partition coefficient (Wildman–Crippen LogP) is -0.251. The van der Waals surface area contributed by atoms with E-state index >= 15 is 0 Å². The van der Waals surface area contributed by atoms with Gasteiger partial charge in [-0.15, -0.1) is 6.42 Å². The van der Waals surface area contributed by atoms with Gasteiger partial charge in [-0.1, -0.05) is 0 Å². The summed E-state index contributed by atoms with van der Waals surface area (Å²) in [7, 11) is 0. The Hall–Kier alpha value is -0.348.